The maximum Gasteiger partial charge on any atom is 0.408 e. The summed E-state index contributed by atoms with van der Waals surface area (Å²) in [7, 11) is 0. The number of hydrogen-bond acceptors (Lipinski definition) is 3. The highest BCUT2D eigenvalue weighted by atomic mass is 79.9. The molecule has 0 saturated heterocycles. The van der Waals surface area contributed by atoms with E-state index in [1.807, 2.05) is 45.9 Å². The Labute approximate surface area is 159 Å². The summed E-state index contributed by atoms with van der Waals surface area (Å²) in [6.07, 6.45) is 0.246. The van der Waals surface area contributed by atoms with E-state index >= 15 is 0 Å². The number of hydrogen-bond donors (Lipinski definition) is 2. The summed E-state index contributed by atoms with van der Waals surface area (Å²) in [6, 6.07) is 4.93. The van der Waals surface area contributed by atoms with Gasteiger partial charge in [-0.25, -0.2) is 4.79 Å². The maximum atomic E-state index is 12.8. The second kappa shape index (κ2) is 8.21. The van der Waals surface area contributed by atoms with Crippen LogP contribution in [0, 0.1) is 5.41 Å². The number of benzene rings is 1. The Bertz CT molecular complexity index is 631. The molecule has 1 aromatic rings. The van der Waals surface area contributed by atoms with E-state index in [0.717, 1.165) is 16.5 Å². The van der Waals surface area contributed by atoms with Gasteiger partial charge in [-0.3, -0.25) is 4.79 Å². The molecule has 0 unspecified atom stereocenters. The highest BCUT2D eigenvalue weighted by molar-refractivity contribution is 9.10. The normalized spacial score (nSPS) is 13.1. The number of amides is 2. The Morgan fingerprint density at radius 3 is 2.24 bits per heavy atom. The summed E-state index contributed by atoms with van der Waals surface area (Å²) >= 11 is 3.49. The fourth-order valence-corrected chi connectivity index (χ4v) is 2.77. The molecule has 2 N–H and O–H groups in total. The van der Waals surface area contributed by atoms with Crippen LogP contribution in [0.15, 0.2) is 22.7 Å². The zero-order valence-electron chi connectivity index (χ0n) is 16.1. The molecule has 0 aliphatic carbocycles. The molecule has 0 bridgehead atoms. The van der Waals surface area contributed by atoms with Crippen molar-refractivity contribution in [2.24, 2.45) is 5.41 Å². The molecule has 0 radical (unpaired) electrons. The van der Waals surface area contributed by atoms with Gasteiger partial charge in [0.1, 0.15) is 11.6 Å². The van der Waals surface area contributed by atoms with Crippen molar-refractivity contribution in [3.8, 4) is 0 Å². The standard InChI is InChI=1S/C19H29BrN2O3/c1-8-12-11-13(9-10-14(12)20)21-16(23)15(18(2,3)4)22-17(24)25-19(5,6)7/h9-11,15H,8H2,1-7H3,(H,21,23)(H,22,24)/t15-/m0/s1. The smallest absolute Gasteiger partial charge is 0.408 e. The van der Waals surface area contributed by atoms with Crippen LogP contribution in [0.1, 0.15) is 54.0 Å². The fraction of sp³-hybridized carbons (Fsp3) is 0.579. The predicted molar refractivity (Wildman–Crippen MR) is 105 cm³/mol. The van der Waals surface area contributed by atoms with Gasteiger partial charge in [-0.1, -0.05) is 43.6 Å². The molecule has 140 valence electrons. The minimum atomic E-state index is -0.726. The van der Waals surface area contributed by atoms with Gasteiger partial charge in [-0.2, -0.15) is 0 Å². The molecule has 0 fully saturated rings. The molecular weight excluding hydrogens is 384 g/mol. The molecule has 5 nitrogen and oxygen atoms in total. The van der Waals surface area contributed by atoms with E-state index in [1.165, 1.54) is 0 Å². The summed E-state index contributed by atoms with van der Waals surface area (Å²) in [5.41, 5.74) is 0.713. The largest absolute Gasteiger partial charge is 0.444 e. The molecule has 25 heavy (non-hydrogen) atoms. The lowest BCUT2D eigenvalue weighted by molar-refractivity contribution is -0.120. The Balaban J connectivity index is 2.93. The Kier molecular flexibility index (Phi) is 7.06. The van der Waals surface area contributed by atoms with Gasteiger partial charge >= 0.3 is 6.09 Å². The Hall–Kier alpha value is -1.56. The van der Waals surface area contributed by atoms with E-state index in [-0.39, 0.29) is 5.91 Å². The van der Waals surface area contributed by atoms with E-state index in [4.69, 9.17) is 4.74 Å². The van der Waals surface area contributed by atoms with Gasteiger partial charge in [0.05, 0.1) is 0 Å². The number of aryl methyl sites for hydroxylation is 1. The van der Waals surface area contributed by atoms with E-state index in [0.29, 0.717) is 5.69 Å². The number of carbonyl (C=O) groups is 2. The first kappa shape index (κ1) is 21.5. The van der Waals surface area contributed by atoms with Crippen molar-refractivity contribution in [2.75, 3.05) is 5.32 Å². The third-order valence-electron chi connectivity index (χ3n) is 3.48. The molecule has 0 spiro atoms. The Morgan fingerprint density at radius 1 is 1.16 bits per heavy atom. The van der Waals surface area contributed by atoms with Crippen LogP contribution >= 0.6 is 15.9 Å². The van der Waals surface area contributed by atoms with Gasteiger partial charge in [0, 0.05) is 10.2 Å². The molecule has 0 saturated carbocycles. The zero-order valence-corrected chi connectivity index (χ0v) is 17.7. The molecule has 1 atom stereocenters. The molecule has 0 aliphatic rings. The van der Waals surface area contributed by atoms with Gasteiger partial charge in [-0.05, 0) is 56.4 Å². The number of anilines is 1. The van der Waals surface area contributed by atoms with Crippen molar-refractivity contribution in [3.05, 3.63) is 28.2 Å². The molecule has 1 rings (SSSR count). The van der Waals surface area contributed by atoms with Crippen LogP contribution in [0.25, 0.3) is 0 Å². The van der Waals surface area contributed by atoms with Gasteiger partial charge in [-0.15, -0.1) is 0 Å². The minimum absolute atomic E-state index is 0.275. The minimum Gasteiger partial charge on any atom is -0.444 e. The second-order valence-corrected chi connectivity index (χ2v) is 8.95. The van der Waals surface area contributed by atoms with Crippen molar-refractivity contribution in [1.29, 1.82) is 0 Å². The lowest BCUT2D eigenvalue weighted by Crippen LogP contribution is -2.52. The average molecular weight is 413 g/mol. The lowest BCUT2D eigenvalue weighted by Gasteiger charge is -2.31. The summed E-state index contributed by atoms with van der Waals surface area (Å²) < 4.78 is 6.29. The number of halogens is 1. The highest BCUT2D eigenvalue weighted by Crippen LogP contribution is 2.24. The van der Waals surface area contributed by atoms with Crippen molar-refractivity contribution in [1.82, 2.24) is 5.32 Å². The van der Waals surface area contributed by atoms with Crippen LogP contribution in [0.3, 0.4) is 0 Å². The van der Waals surface area contributed by atoms with Gasteiger partial charge in [0.15, 0.2) is 0 Å². The molecule has 6 heteroatoms. The summed E-state index contributed by atoms with van der Waals surface area (Å²) in [4.78, 5) is 24.9. The van der Waals surface area contributed by atoms with Crippen LogP contribution < -0.4 is 10.6 Å². The number of nitrogens with one attached hydrogen (secondary N) is 2. The van der Waals surface area contributed by atoms with Gasteiger partial charge in [0.2, 0.25) is 5.91 Å². The van der Waals surface area contributed by atoms with E-state index < -0.39 is 23.2 Å². The third-order valence-corrected chi connectivity index (χ3v) is 4.26. The topological polar surface area (TPSA) is 67.4 Å². The predicted octanol–water partition coefficient (Wildman–Crippen LogP) is 4.89. The number of rotatable bonds is 4. The molecule has 0 aliphatic heterocycles. The second-order valence-electron chi connectivity index (χ2n) is 8.09. The van der Waals surface area contributed by atoms with Crippen molar-refractivity contribution < 1.29 is 14.3 Å². The van der Waals surface area contributed by atoms with E-state index in [1.54, 1.807) is 20.8 Å². The summed E-state index contributed by atoms with van der Waals surface area (Å²) in [6.45, 7) is 13.1. The molecule has 2 amide bonds. The third kappa shape index (κ3) is 7.06. The average Bonchev–Trinajstić information content (AvgIpc) is 2.43. The van der Waals surface area contributed by atoms with Crippen molar-refractivity contribution in [3.63, 3.8) is 0 Å². The first-order chi connectivity index (χ1) is 11.3. The summed E-state index contributed by atoms with van der Waals surface area (Å²) in [5.74, 6) is -0.275. The quantitative estimate of drug-likeness (QED) is 0.739. The Morgan fingerprint density at radius 2 is 1.76 bits per heavy atom. The van der Waals surface area contributed by atoms with Crippen LogP contribution in [0.4, 0.5) is 10.5 Å². The van der Waals surface area contributed by atoms with E-state index in [9.17, 15) is 9.59 Å². The number of alkyl carbamates (subject to hydrolysis) is 1. The molecule has 0 aromatic heterocycles. The number of ether oxygens (including phenoxy) is 1. The maximum absolute atomic E-state index is 12.8. The SMILES string of the molecule is CCc1cc(NC(=O)[C@H](NC(=O)OC(C)(C)C)C(C)(C)C)ccc1Br. The van der Waals surface area contributed by atoms with Gasteiger partial charge in [0.25, 0.3) is 0 Å². The van der Waals surface area contributed by atoms with Crippen molar-refractivity contribution >= 4 is 33.6 Å². The first-order valence-electron chi connectivity index (χ1n) is 8.42. The molecule has 0 heterocycles. The zero-order chi connectivity index (χ0) is 19.4. The molecule has 1 aromatic carbocycles. The van der Waals surface area contributed by atoms with Crippen LogP contribution in [0.2, 0.25) is 0 Å². The van der Waals surface area contributed by atoms with E-state index in [2.05, 4.69) is 26.6 Å². The summed E-state index contributed by atoms with van der Waals surface area (Å²) in [5, 5.41) is 5.58. The molecular formula is C19H29BrN2O3. The van der Waals surface area contributed by atoms with Crippen molar-refractivity contribution in [2.45, 2.75) is 66.5 Å². The fourth-order valence-electron chi connectivity index (χ4n) is 2.24. The monoisotopic (exact) mass is 412 g/mol. The van der Waals surface area contributed by atoms with Gasteiger partial charge < -0.3 is 15.4 Å². The number of carbonyl (C=O) groups excluding carboxylic acids is 2. The van der Waals surface area contributed by atoms with Crippen LogP contribution in [0.5, 0.6) is 0 Å². The first-order valence-corrected chi connectivity index (χ1v) is 9.21. The van der Waals surface area contributed by atoms with Crippen LogP contribution in [-0.2, 0) is 16.0 Å². The lowest BCUT2D eigenvalue weighted by atomic mass is 9.86. The van der Waals surface area contributed by atoms with Crippen LogP contribution in [-0.4, -0.2) is 23.6 Å². The highest BCUT2D eigenvalue weighted by Gasteiger charge is 2.34.